The number of carbonyl (C=O) groups is 1. The number of hydrogen-bond donors (Lipinski definition) is 1. The second-order valence-electron chi connectivity index (χ2n) is 7.15. The van der Waals surface area contributed by atoms with Gasteiger partial charge in [-0.2, -0.15) is 5.10 Å². The van der Waals surface area contributed by atoms with Gasteiger partial charge < -0.3 is 4.90 Å². The molecule has 1 saturated carbocycles. The molecule has 1 N–H and O–H groups in total. The van der Waals surface area contributed by atoms with Gasteiger partial charge in [-0.25, -0.2) is 0 Å². The number of aromatic amines is 1. The van der Waals surface area contributed by atoms with E-state index in [1.807, 2.05) is 52.8 Å². The van der Waals surface area contributed by atoms with Crippen molar-refractivity contribution >= 4 is 5.91 Å². The number of nitrogens with zero attached hydrogens (tertiary/aromatic N) is 5. The van der Waals surface area contributed by atoms with Crippen LogP contribution in [0, 0.1) is 0 Å². The third-order valence-electron chi connectivity index (χ3n) is 5.22. The van der Waals surface area contributed by atoms with Crippen LogP contribution in [0.3, 0.4) is 0 Å². The van der Waals surface area contributed by atoms with E-state index in [-0.39, 0.29) is 11.9 Å². The fraction of sp³-hybridized carbons (Fsp3) is 0.368. The van der Waals surface area contributed by atoms with E-state index in [2.05, 4.69) is 20.4 Å². The number of H-pyrrole nitrogens is 1. The Morgan fingerprint density at radius 3 is 2.77 bits per heavy atom. The minimum Gasteiger partial charge on any atom is -0.329 e. The Balaban J connectivity index is 1.45. The highest BCUT2D eigenvalue weighted by Gasteiger charge is 2.34. The van der Waals surface area contributed by atoms with Crippen LogP contribution in [-0.2, 0) is 17.9 Å². The fourth-order valence-electron chi connectivity index (χ4n) is 3.63. The monoisotopic (exact) mass is 348 g/mol. The highest BCUT2D eigenvalue weighted by molar-refractivity contribution is 5.82. The van der Waals surface area contributed by atoms with E-state index in [1.54, 1.807) is 0 Å². The van der Waals surface area contributed by atoms with Gasteiger partial charge >= 0.3 is 0 Å². The van der Waals surface area contributed by atoms with E-state index in [9.17, 15) is 4.79 Å². The van der Waals surface area contributed by atoms with Gasteiger partial charge in [0.1, 0.15) is 11.7 Å². The van der Waals surface area contributed by atoms with Crippen molar-refractivity contribution in [1.29, 1.82) is 0 Å². The first kappa shape index (κ1) is 15.3. The van der Waals surface area contributed by atoms with Crippen LogP contribution < -0.4 is 0 Å². The van der Waals surface area contributed by atoms with Gasteiger partial charge in [-0.1, -0.05) is 30.3 Å². The number of fused-ring (bicyclic) bond motifs is 1. The smallest absolute Gasteiger partial charge is 0.246 e. The molecule has 2 aliphatic rings. The Morgan fingerprint density at radius 1 is 1.19 bits per heavy atom. The lowest BCUT2D eigenvalue weighted by Crippen LogP contribution is -2.41. The summed E-state index contributed by atoms with van der Waals surface area (Å²) in [6.45, 7) is 2.95. The Bertz CT molecular complexity index is 956. The number of amides is 1. The molecular weight excluding hydrogens is 328 g/mol. The zero-order valence-corrected chi connectivity index (χ0v) is 14.6. The summed E-state index contributed by atoms with van der Waals surface area (Å²) < 4.78 is 1.93. The van der Waals surface area contributed by atoms with Gasteiger partial charge in [0.2, 0.25) is 5.91 Å². The van der Waals surface area contributed by atoms with E-state index in [0.29, 0.717) is 24.8 Å². The molecule has 1 fully saturated rings. The molecule has 3 aromatic rings. The van der Waals surface area contributed by atoms with Crippen LogP contribution in [0.5, 0.6) is 0 Å². The van der Waals surface area contributed by atoms with Gasteiger partial charge in [0.25, 0.3) is 0 Å². The molecule has 7 nitrogen and oxygen atoms in total. The first-order valence-corrected chi connectivity index (χ1v) is 9.03. The van der Waals surface area contributed by atoms with Crippen LogP contribution in [0.2, 0.25) is 0 Å². The lowest BCUT2D eigenvalue weighted by Gasteiger charge is -2.32. The van der Waals surface area contributed by atoms with Crippen LogP contribution in [0.25, 0.3) is 11.5 Å². The summed E-state index contributed by atoms with van der Waals surface area (Å²) in [7, 11) is 0. The maximum Gasteiger partial charge on any atom is 0.246 e. The predicted octanol–water partition coefficient (Wildman–Crippen LogP) is 2.65. The van der Waals surface area contributed by atoms with Crippen LogP contribution >= 0.6 is 0 Å². The Labute approximate surface area is 151 Å². The minimum absolute atomic E-state index is 0.0837. The number of hydrogen-bond acceptors (Lipinski definition) is 4. The molecule has 0 saturated heterocycles. The third kappa shape index (κ3) is 2.51. The van der Waals surface area contributed by atoms with Gasteiger partial charge in [-0.3, -0.25) is 14.5 Å². The van der Waals surface area contributed by atoms with Crippen LogP contribution in [0.4, 0.5) is 0 Å². The molecule has 26 heavy (non-hydrogen) atoms. The van der Waals surface area contributed by atoms with Crippen molar-refractivity contribution in [1.82, 2.24) is 29.9 Å². The molecular formula is C19H20N6O. The molecule has 3 heterocycles. The molecule has 0 spiro atoms. The van der Waals surface area contributed by atoms with E-state index in [0.717, 1.165) is 22.8 Å². The van der Waals surface area contributed by atoms with Gasteiger partial charge in [0.15, 0.2) is 11.6 Å². The van der Waals surface area contributed by atoms with E-state index in [4.69, 9.17) is 0 Å². The molecule has 1 aliphatic heterocycles. The Hall–Kier alpha value is -2.96. The highest BCUT2D eigenvalue weighted by Crippen LogP contribution is 2.40. The fourth-order valence-corrected chi connectivity index (χ4v) is 3.63. The lowest BCUT2D eigenvalue weighted by molar-refractivity contribution is -0.137. The van der Waals surface area contributed by atoms with Crippen molar-refractivity contribution in [2.75, 3.05) is 0 Å². The average molecular weight is 348 g/mol. The first-order chi connectivity index (χ1) is 12.7. The summed E-state index contributed by atoms with van der Waals surface area (Å²) in [6, 6.07) is 11.7. The van der Waals surface area contributed by atoms with Crippen molar-refractivity contribution in [2.45, 2.75) is 44.8 Å². The molecule has 132 valence electrons. The van der Waals surface area contributed by atoms with Crippen LogP contribution in [0.1, 0.15) is 48.8 Å². The quantitative estimate of drug-likeness (QED) is 0.786. The SMILES string of the molecule is C[C@@H]1C(=O)N(Cc2ccccc2)Cc2nnc(-c3cc(C4CC4)[nH]n3)n21. The van der Waals surface area contributed by atoms with Gasteiger partial charge in [-0.05, 0) is 31.4 Å². The molecule has 1 amide bonds. The van der Waals surface area contributed by atoms with Crippen LogP contribution in [-0.4, -0.2) is 35.8 Å². The maximum atomic E-state index is 12.9. The van der Waals surface area contributed by atoms with Crippen molar-refractivity contribution in [3.05, 3.63) is 53.5 Å². The van der Waals surface area contributed by atoms with E-state index < -0.39 is 0 Å². The topological polar surface area (TPSA) is 79.7 Å². The maximum absolute atomic E-state index is 12.9. The summed E-state index contributed by atoms with van der Waals surface area (Å²) in [4.78, 5) is 14.8. The summed E-state index contributed by atoms with van der Waals surface area (Å²) in [6.07, 6.45) is 2.42. The van der Waals surface area contributed by atoms with Crippen molar-refractivity contribution < 1.29 is 4.79 Å². The number of nitrogens with one attached hydrogen (secondary N) is 1. The molecule has 1 aromatic carbocycles. The molecule has 0 radical (unpaired) electrons. The Kier molecular flexibility index (Phi) is 3.41. The molecule has 1 atom stereocenters. The van der Waals surface area contributed by atoms with Crippen molar-refractivity contribution in [3.63, 3.8) is 0 Å². The number of rotatable bonds is 4. The highest BCUT2D eigenvalue weighted by atomic mass is 16.2. The summed E-state index contributed by atoms with van der Waals surface area (Å²) in [5, 5.41) is 16.2. The largest absolute Gasteiger partial charge is 0.329 e. The van der Waals surface area contributed by atoms with Crippen molar-refractivity contribution in [2.24, 2.45) is 0 Å². The summed E-state index contributed by atoms with van der Waals surface area (Å²) in [5.41, 5.74) is 3.03. The van der Waals surface area contributed by atoms with E-state index in [1.165, 1.54) is 12.8 Å². The third-order valence-corrected chi connectivity index (χ3v) is 5.22. The summed E-state index contributed by atoms with van der Waals surface area (Å²) in [5.74, 6) is 2.16. The molecule has 1 aliphatic carbocycles. The minimum atomic E-state index is -0.339. The van der Waals surface area contributed by atoms with Gasteiger partial charge in [0.05, 0.1) is 6.54 Å². The zero-order valence-electron chi connectivity index (χ0n) is 14.6. The molecule has 5 rings (SSSR count). The number of aromatic nitrogens is 5. The molecule has 0 unspecified atom stereocenters. The molecule has 7 heteroatoms. The molecule has 0 bridgehead atoms. The van der Waals surface area contributed by atoms with E-state index >= 15 is 0 Å². The first-order valence-electron chi connectivity index (χ1n) is 9.03. The standard InChI is InChI=1S/C19H20N6O/c1-12-19(26)24(10-13-5-3-2-4-6-13)11-17-22-23-18(25(12)17)16-9-15(20-21-16)14-7-8-14/h2-6,9,12,14H,7-8,10-11H2,1H3,(H,20,21)/t12-/m1/s1. The van der Waals surface area contributed by atoms with Crippen molar-refractivity contribution in [3.8, 4) is 11.5 Å². The lowest BCUT2D eigenvalue weighted by atomic mass is 10.1. The zero-order chi connectivity index (χ0) is 17.7. The number of carbonyl (C=O) groups excluding carboxylic acids is 1. The van der Waals surface area contributed by atoms with Crippen LogP contribution in [0.15, 0.2) is 36.4 Å². The van der Waals surface area contributed by atoms with Gasteiger partial charge in [-0.15, -0.1) is 10.2 Å². The average Bonchev–Trinajstić information content (AvgIpc) is 3.24. The summed E-state index contributed by atoms with van der Waals surface area (Å²) >= 11 is 0. The number of benzene rings is 1. The molecule has 2 aromatic heterocycles. The Morgan fingerprint density at radius 2 is 2.00 bits per heavy atom. The normalized spacial score (nSPS) is 19.7. The predicted molar refractivity (Wildman–Crippen MR) is 95.0 cm³/mol. The van der Waals surface area contributed by atoms with Gasteiger partial charge in [0, 0.05) is 18.2 Å². The second kappa shape index (κ2) is 5.79. The second-order valence-corrected chi connectivity index (χ2v) is 7.15.